The monoisotopic (exact) mass is 411 g/mol. The fourth-order valence-electron chi connectivity index (χ4n) is 2.77. The van der Waals surface area contributed by atoms with Crippen LogP contribution in [0.2, 0.25) is 0 Å². The first-order valence-corrected chi connectivity index (χ1v) is 10.2. The van der Waals surface area contributed by atoms with Gasteiger partial charge < -0.3 is 10.0 Å². The first kappa shape index (κ1) is 20.1. The summed E-state index contributed by atoms with van der Waals surface area (Å²) in [5.41, 5.74) is 2.87. The summed E-state index contributed by atoms with van der Waals surface area (Å²) in [6.07, 6.45) is 3.38. The summed E-state index contributed by atoms with van der Waals surface area (Å²) in [7, 11) is 0. The molecule has 28 heavy (non-hydrogen) atoms. The third-order valence-corrected chi connectivity index (χ3v) is 5.59. The number of carbonyl (C=O) groups is 1. The number of thiocarbonyl (C=S) groups is 1. The van der Waals surface area contributed by atoms with Gasteiger partial charge >= 0.3 is 0 Å². The molecule has 0 aliphatic carbocycles. The minimum Gasteiger partial charge on any atom is -0.508 e. The molecule has 1 aliphatic heterocycles. The molecule has 0 spiro atoms. The van der Waals surface area contributed by atoms with Gasteiger partial charge in [-0.3, -0.25) is 4.79 Å². The predicted molar refractivity (Wildman–Crippen MR) is 121 cm³/mol. The van der Waals surface area contributed by atoms with Crippen molar-refractivity contribution in [3.8, 4) is 5.75 Å². The van der Waals surface area contributed by atoms with E-state index in [9.17, 15) is 9.90 Å². The zero-order chi connectivity index (χ0) is 20.1. The van der Waals surface area contributed by atoms with Gasteiger partial charge in [0.25, 0.3) is 5.91 Å². The van der Waals surface area contributed by atoms with E-state index >= 15 is 0 Å². The summed E-state index contributed by atoms with van der Waals surface area (Å²) in [4.78, 5) is 15.4. The van der Waals surface area contributed by atoms with E-state index in [2.05, 4.69) is 23.8 Å². The third kappa shape index (κ3) is 4.61. The highest BCUT2D eigenvalue weighted by Gasteiger charge is 2.32. The van der Waals surface area contributed by atoms with Crippen molar-refractivity contribution in [2.45, 2.75) is 13.8 Å². The van der Waals surface area contributed by atoms with Gasteiger partial charge in [0, 0.05) is 18.8 Å². The molecule has 0 bridgehead atoms. The number of rotatable bonds is 6. The van der Waals surface area contributed by atoms with Crippen molar-refractivity contribution in [1.29, 1.82) is 0 Å². The lowest BCUT2D eigenvalue weighted by Crippen LogP contribution is -2.22. The number of hydrogen-bond donors (Lipinski definition) is 1. The Morgan fingerprint density at radius 3 is 2.29 bits per heavy atom. The number of hydrazone groups is 1. The molecule has 1 fully saturated rings. The number of anilines is 1. The zero-order valence-corrected chi connectivity index (χ0v) is 17.3. The molecular weight excluding hydrogens is 390 g/mol. The van der Waals surface area contributed by atoms with Gasteiger partial charge in [-0.15, -0.1) is 0 Å². The molecule has 144 valence electrons. The van der Waals surface area contributed by atoms with E-state index in [1.54, 1.807) is 36.6 Å². The summed E-state index contributed by atoms with van der Waals surface area (Å²) in [6.45, 7) is 6.15. The summed E-state index contributed by atoms with van der Waals surface area (Å²) in [5, 5.41) is 14.9. The molecule has 0 saturated carbocycles. The van der Waals surface area contributed by atoms with Crippen LogP contribution in [0.25, 0.3) is 6.08 Å². The first-order valence-electron chi connectivity index (χ1n) is 8.97. The molecule has 0 atom stereocenters. The Hall–Kier alpha value is -2.64. The van der Waals surface area contributed by atoms with Crippen LogP contribution < -0.4 is 4.90 Å². The molecule has 2 aromatic rings. The number of benzene rings is 2. The average Bonchev–Trinajstić information content (AvgIpc) is 2.97. The molecule has 3 rings (SSSR count). The third-order valence-electron chi connectivity index (χ3n) is 4.31. The van der Waals surface area contributed by atoms with Gasteiger partial charge in [-0.05, 0) is 67.5 Å². The SMILES string of the molecule is CCN(CC)c1ccc(/C=N/N2C(=O)/C(=C\c3ccc(O)cc3)SC2=S)cc1. The summed E-state index contributed by atoms with van der Waals surface area (Å²) in [6, 6.07) is 14.7. The van der Waals surface area contributed by atoms with Crippen LogP contribution in [0.5, 0.6) is 5.75 Å². The molecule has 1 amide bonds. The van der Waals surface area contributed by atoms with E-state index in [0.29, 0.717) is 9.23 Å². The van der Waals surface area contributed by atoms with Crippen molar-refractivity contribution in [3.63, 3.8) is 0 Å². The predicted octanol–water partition coefficient (Wildman–Crippen LogP) is 4.47. The molecule has 1 saturated heterocycles. The number of aromatic hydroxyl groups is 1. The fourth-order valence-corrected chi connectivity index (χ4v) is 3.94. The standard InChI is InChI=1S/C21H21N3O2S2/c1-3-23(4-2)17-9-5-16(6-10-17)14-22-24-20(26)19(28-21(24)27)13-15-7-11-18(25)12-8-15/h5-14,25H,3-4H2,1-2H3/b19-13+,22-14+. The Balaban J connectivity index is 1.72. The molecule has 1 N–H and O–H groups in total. The lowest BCUT2D eigenvalue weighted by molar-refractivity contribution is -0.122. The maximum absolute atomic E-state index is 12.6. The Morgan fingerprint density at radius 2 is 1.68 bits per heavy atom. The van der Waals surface area contributed by atoms with Crippen molar-refractivity contribution < 1.29 is 9.90 Å². The second-order valence-electron chi connectivity index (χ2n) is 6.09. The Morgan fingerprint density at radius 1 is 1.07 bits per heavy atom. The highest BCUT2D eigenvalue weighted by atomic mass is 32.2. The van der Waals surface area contributed by atoms with E-state index in [0.717, 1.165) is 29.9 Å². The molecule has 0 unspecified atom stereocenters. The van der Waals surface area contributed by atoms with Crippen LogP contribution in [0.3, 0.4) is 0 Å². The smallest absolute Gasteiger partial charge is 0.286 e. The number of carbonyl (C=O) groups excluding carboxylic acids is 1. The zero-order valence-electron chi connectivity index (χ0n) is 15.7. The van der Waals surface area contributed by atoms with Gasteiger partial charge in [-0.1, -0.05) is 36.0 Å². The van der Waals surface area contributed by atoms with Crippen LogP contribution in [-0.4, -0.2) is 39.6 Å². The molecule has 5 nitrogen and oxygen atoms in total. The highest BCUT2D eigenvalue weighted by Crippen LogP contribution is 2.33. The highest BCUT2D eigenvalue weighted by molar-refractivity contribution is 8.26. The first-order chi connectivity index (χ1) is 13.5. The molecule has 7 heteroatoms. The maximum atomic E-state index is 12.6. The molecular formula is C21H21N3O2S2. The Kier molecular flexibility index (Phi) is 6.49. The fraction of sp³-hybridized carbons (Fsp3) is 0.190. The van der Waals surface area contributed by atoms with Crippen molar-refractivity contribution in [2.24, 2.45) is 5.10 Å². The quantitative estimate of drug-likeness (QED) is 0.432. The van der Waals surface area contributed by atoms with E-state index in [1.165, 1.54) is 16.8 Å². The van der Waals surface area contributed by atoms with Gasteiger partial charge in [0.05, 0.1) is 11.1 Å². The van der Waals surface area contributed by atoms with Crippen LogP contribution in [0.15, 0.2) is 58.5 Å². The van der Waals surface area contributed by atoms with Crippen LogP contribution in [-0.2, 0) is 4.79 Å². The van der Waals surface area contributed by atoms with Crippen molar-refractivity contribution in [1.82, 2.24) is 5.01 Å². The van der Waals surface area contributed by atoms with Gasteiger partial charge in [-0.25, -0.2) is 0 Å². The number of nitrogens with zero attached hydrogens (tertiary/aromatic N) is 3. The lowest BCUT2D eigenvalue weighted by Gasteiger charge is -2.20. The number of phenolic OH excluding ortho intramolecular Hbond substituents is 1. The second kappa shape index (κ2) is 9.03. The molecule has 0 radical (unpaired) electrons. The number of thioether (sulfide) groups is 1. The van der Waals surface area contributed by atoms with Crippen LogP contribution in [0.4, 0.5) is 5.69 Å². The normalized spacial score (nSPS) is 15.8. The summed E-state index contributed by atoms with van der Waals surface area (Å²) in [5.74, 6) is -0.0691. The van der Waals surface area contributed by atoms with E-state index in [4.69, 9.17) is 12.2 Å². The van der Waals surface area contributed by atoms with Gasteiger partial charge in [0.1, 0.15) is 5.75 Å². The number of phenols is 1. The molecule has 2 aromatic carbocycles. The number of hydrogen-bond acceptors (Lipinski definition) is 6. The van der Waals surface area contributed by atoms with Gasteiger partial charge in [0.15, 0.2) is 4.32 Å². The minimum absolute atomic E-state index is 0.182. The largest absolute Gasteiger partial charge is 0.508 e. The van der Waals surface area contributed by atoms with E-state index < -0.39 is 0 Å². The number of amides is 1. The topological polar surface area (TPSA) is 56.1 Å². The van der Waals surface area contributed by atoms with E-state index in [-0.39, 0.29) is 11.7 Å². The Labute approximate surface area is 174 Å². The second-order valence-corrected chi connectivity index (χ2v) is 7.77. The summed E-state index contributed by atoms with van der Waals surface area (Å²) < 4.78 is 0.394. The van der Waals surface area contributed by atoms with Crippen molar-refractivity contribution in [2.75, 3.05) is 18.0 Å². The van der Waals surface area contributed by atoms with Gasteiger partial charge in [0.2, 0.25) is 0 Å². The van der Waals surface area contributed by atoms with Crippen LogP contribution in [0, 0.1) is 0 Å². The molecule has 1 aliphatic rings. The minimum atomic E-state index is -0.251. The Bertz CT molecular complexity index is 918. The maximum Gasteiger partial charge on any atom is 0.286 e. The van der Waals surface area contributed by atoms with Crippen molar-refractivity contribution >= 4 is 52.2 Å². The van der Waals surface area contributed by atoms with Crippen LogP contribution in [0.1, 0.15) is 25.0 Å². The van der Waals surface area contributed by atoms with Gasteiger partial charge in [-0.2, -0.15) is 10.1 Å². The summed E-state index contributed by atoms with van der Waals surface area (Å²) >= 11 is 6.51. The average molecular weight is 412 g/mol. The van der Waals surface area contributed by atoms with Crippen LogP contribution >= 0.6 is 24.0 Å². The molecule has 0 aromatic heterocycles. The van der Waals surface area contributed by atoms with Crippen molar-refractivity contribution in [3.05, 3.63) is 64.6 Å². The lowest BCUT2D eigenvalue weighted by atomic mass is 10.2. The van der Waals surface area contributed by atoms with E-state index in [1.807, 2.05) is 24.3 Å². The molecule has 1 heterocycles.